The van der Waals surface area contributed by atoms with E-state index in [-0.39, 0.29) is 0 Å². The standard InChI is InChI=1S/C40H24O2/c1-2-11-27(26(10-1)25-20-22-38-35(24-25)32-15-6-8-19-37(32)41-38)28-12-3-4-13-29(28)30-21-23-39-40-33(30)16-9-17-34(40)31-14-5-7-18-36(31)42-39/h1-24H. The van der Waals surface area contributed by atoms with Crippen molar-refractivity contribution in [2.75, 3.05) is 0 Å². The Morgan fingerprint density at radius 1 is 0.333 bits per heavy atom. The van der Waals surface area contributed by atoms with Crippen molar-refractivity contribution in [1.29, 1.82) is 0 Å². The van der Waals surface area contributed by atoms with Gasteiger partial charge in [0.1, 0.15) is 22.7 Å². The lowest BCUT2D eigenvalue weighted by atomic mass is 9.86. The van der Waals surface area contributed by atoms with Crippen molar-refractivity contribution in [1.82, 2.24) is 0 Å². The number of ether oxygens (including phenoxy) is 1. The molecule has 7 aromatic carbocycles. The van der Waals surface area contributed by atoms with E-state index in [2.05, 4.69) is 121 Å². The lowest BCUT2D eigenvalue weighted by Gasteiger charge is -2.23. The lowest BCUT2D eigenvalue weighted by molar-refractivity contribution is 0.487. The van der Waals surface area contributed by atoms with Gasteiger partial charge in [0, 0.05) is 21.7 Å². The zero-order valence-electron chi connectivity index (χ0n) is 22.7. The summed E-state index contributed by atoms with van der Waals surface area (Å²) >= 11 is 0. The van der Waals surface area contributed by atoms with E-state index in [1.165, 1.54) is 44.3 Å². The Kier molecular flexibility index (Phi) is 4.93. The second kappa shape index (κ2) is 8.95. The average Bonchev–Trinajstić information content (AvgIpc) is 3.43. The number of benzene rings is 7. The fourth-order valence-corrected chi connectivity index (χ4v) is 6.63. The molecule has 2 heteroatoms. The average molecular weight is 537 g/mol. The molecule has 1 aromatic heterocycles. The van der Waals surface area contributed by atoms with E-state index in [1.54, 1.807) is 0 Å². The molecule has 1 aliphatic heterocycles. The second-order valence-electron chi connectivity index (χ2n) is 10.8. The summed E-state index contributed by atoms with van der Waals surface area (Å²) in [6.45, 7) is 0. The van der Waals surface area contributed by atoms with Gasteiger partial charge in [-0.05, 0) is 74.7 Å². The molecule has 0 unspecified atom stereocenters. The molecule has 0 N–H and O–H groups in total. The Balaban J connectivity index is 1.25. The van der Waals surface area contributed by atoms with Gasteiger partial charge >= 0.3 is 0 Å². The van der Waals surface area contributed by atoms with Crippen LogP contribution in [0.3, 0.4) is 0 Å². The van der Waals surface area contributed by atoms with Crippen molar-refractivity contribution in [3.05, 3.63) is 146 Å². The van der Waals surface area contributed by atoms with Crippen LogP contribution < -0.4 is 4.74 Å². The van der Waals surface area contributed by atoms with Crippen molar-refractivity contribution in [3.63, 3.8) is 0 Å². The van der Waals surface area contributed by atoms with Gasteiger partial charge in [-0.1, -0.05) is 115 Å². The molecule has 0 saturated carbocycles. The molecule has 8 aromatic rings. The van der Waals surface area contributed by atoms with E-state index < -0.39 is 0 Å². The van der Waals surface area contributed by atoms with Crippen LogP contribution in [-0.2, 0) is 0 Å². The SMILES string of the molecule is c1ccc2c(c1)Oc1ccc(-c3ccccc3-c3ccccc3-c3ccc4oc5ccccc5c4c3)c3cccc-2c13. The van der Waals surface area contributed by atoms with Crippen LogP contribution in [0.2, 0.25) is 0 Å². The molecule has 0 atom stereocenters. The Labute approximate surface area is 243 Å². The van der Waals surface area contributed by atoms with Crippen LogP contribution in [0.15, 0.2) is 150 Å². The highest BCUT2D eigenvalue weighted by Gasteiger charge is 2.22. The van der Waals surface area contributed by atoms with Crippen LogP contribution >= 0.6 is 0 Å². The number of hydrogen-bond acceptors (Lipinski definition) is 2. The first kappa shape index (κ1) is 23.1. The number of fused-ring (bicyclic) bond motifs is 5. The quantitative estimate of drug-likeness (QED) is 0.224. The monoisotopic (exact) mass is 536 g/mol. The maximum Gasteiger partial charge on any atom is 0.135 e. The molecule has 196 valence electrons. The fourth-order valence-electron chi connectivity index (χ4n) is 6.63. The van der Waals surface area contributed by atoms with Gasteiger partial charge in [0.25, 0.3) is 0 Å². The van der Waals surface area contributed by atoms with Crippen LogP contribution in [0, 0.1) is 0 Å². The largest absolute Gasteiger partial charge is 0.456 e. The van der Waals surface area contributed by atoms with Gasteiger partial charge in [-0.15, -0.1) is 0 Å². The molecule has 0 aliphatic carbocycles. The minimum absolute atomic E-state index is 0.904. The summed E-state index contributed by atoms with van der Waals surface area (Å²) in [5.41, 5.74) is 11.3. The van der Waals surface area contributed by atoms with Gasteiger partial charge in [-0.3, -0.25) is 0 Å². The summed E-state index contributed by atoms with van der Waals surface area (Å²) < 4.78 is 12.5. The molecule has 2 heterocycles. The Bertz CT molecular complexity index is 2340. The molecule has 0 bridgehead atoms. The summed E-state index contributed by atoms with van der Waals surface area (Å²) in [7, 11) is 0. The molecule has 42 heavy (non-hydrogen) atoms. The summed E-state index contributed by atoms with van der Waals surface area (Å²) in [5.74, 6) is 1.81. The molecule has 0 radical (unpaired) electrons. The molecular formula is C40H24O2. The first-order valence-corrected chi connectivity index (χ1v) is 14.3. The van der Waals surface area contributed by atoms with Crippen LogP contribution in [0.1, 0.15) is 0 Å². The molecule has 0 saturated heterocycles. The molecular weight excluding hydrogens is 512 g/mol. The Morgan fingerprint density at radius 2 is 0.952 bits per heavy atom. The zero-order valence-corrected chi connectivity index (χ0v) is 22.7. The van der Waals surface area contributed by atoms with E-state index >= 15 is 0 Å². The normalized spacial score (nSPS) is 12.0. The lowest BCUT2D eigenvalue weighted by Crippen LogP contribution is -1.98. The zero-order chi connectivity index (χ0) is 27.6. The molecule has 0 amide bonds. The highest BCUT2D eigenvalue weighted by atomic mass is 16.5. The van der Waals surface area contributed by atoms with Crippen molar-refractivity contribution < 1.29 is 9.15 Å². The smallest absolute Gasteiger partial charge is 0.135 e. The van der Waals surface area contributed by atoms with Gasteiger partial charge in [0.2, 0.25) is 0 Å². The number of para-hydroxylation sites is 2. The van der Waals surface area contributed by atoms with E-state index in [0.29, 0.717) is 0 Å². The van der Waals surface area contributed by atoms with Gasteiger partial charge in [-0.25, -0.2) is 0 Å². The summed E-state index contributed by atoms with van der Waals surface area (Å²) in [5, 5.41) is 4.62. The highest BCUT2D eigenvalue weighted by molar-refractivity contribution is 6.12. The summed E-state index contributed by atoms with van der Waals surface area (Å²) in [4.78, 5) is 0. The molecule has 0 spiro atoms. The van der Waals surface area contributed by atoms with Crippen LogP contribution in [0.5, 0.6) is 11.5 Å². The third-order valence-electron chi connectivity index (χ3n) is 8.52. The number of rotatable bonds is 3. The van der Waals surface area contributed by atoms with Crippen LogP contribution in [0.25, 0.3) is 77.2 Å². The van der Waals surface area contributed by atoms with Gasteiger partial charge in [0.15, 0.2) is 0 Å². The van der Waals surface area contributed by atoms with Gasteiger partial charge < -0.3 is 9.15 Å². The Morgan fingerprint density at radius 3 is 1.81 bits per heavy atom. The molecule has 9 rings (SSSR count). The van der Waals surface area contributed by atoms with Gasteiger partial charge in [-0.2, -0.15) is 0 Å². The van der Waals surface area contributed by atoms with Crippen molar-refractivity contribution in [2.45, 2.75) is 0 Å². The van der Waals surface area contributed by atoms with Gasteiger partial charge in [0.05, 0.1) is 0 Å². The molecule has 2 nitrogen and oxygen atoms in total. The maximum absolute atomic E-state index is 6.38. The van der Waals surface area contributed by atoms with Crippen molar-refractivity contribution in [3.8, 4) is 56.0 Å². The number of furan rings is 1. The first-order chi connectivity index (χ1) is 20.8. The van der Waals surface area contributed by atoms with E-state index in [4.69, 9.17) is 9.15 Å². The van der Waals surface area contributed by atoms with Crippen molar-refractivity contribution >= 4 is 32.7 Å². The topological polar surface area (TPSA) is 22.4 Å². The van der Waals surface area contributed by atoms with Crippen LogP contribution in [-0.4, -0.2) is 0 Å². The third-order valence-corrected chi connectivity index (χ3v) is 8.52. The molecule has 1 aliphatic rings. The fraction of sp³-hybridized carbons (Fsp3) is 0. The van der Waals surface area contributed by atoms with E-state index in [1.807, 2.05) is 24.3 Å². The third kappa shape index (κ3) is 3.39. The number of hydrogen-bond donors (Lipinski definition) is 0. The van der Waals surface area contributed by atoms with Crippen LogP contribution in [0.4, 0.5) is 0 Å². The molecule has 0 fully saturated rings. The second-order valence-corrected chi connectivity index (χ2v) is 10.8. The first-order valence-electron chi connectivity index (χ1n) is 14.3. The highest BCUT2D eigenvalue weighted by Crippen LogP contribution is 2.49. The van der Waals surface area contributed by atoms with E-state index in [9.17, 15) is 0 Å². The predicted octanol–water partition coefficient (Wildman–Crippen LogP) is 11.5. The minimum atomic E-state index is 0.904. The predicted molar refractivity (Wildman–Crippen MR) is 173 cm³/mol. The summed E-state index contributed by atoms with van der Waals surface area (Å²) in [6.07, 6.45) is 0. The Hall–Kier alpha value is -5.60. The minimum Gasteiger partial charge on any atom is -0.456 e. The summed E-state index contributed by atoms with van der Waals surface area (Å²) in [6, 6.07) is 51.4. The van der Waals surface area contributed by atoms with Crippen molar-refractivity contribution in [2.24, 2.45) is 0 Å². The van der Waals surface area contributed by atoms with E-state index in [0.717, 1.165) is 44.4 Å². The maximum atomic E-state index is 6.38.